The number of hydrogen-bond acceptors (Lipinski definition) is 4. The standard InChI is InChI=1S/C15H18FN3O2/c1-9-11-7-12(15(20)21-2)13(16)8-14(11)19(18-9)10-3-5-17-6-4-10/h7-8,10,17H,3-6H2,1-2H3. The van der Waals surface area contributed by atoms with Gasteiger partial charge >= 0.3 is 5.97 Å². The molecule has 21 heavy (non-hydrogen) atoms. The molecule has 0 unspecified atom stereocenters. The summed E-state index contributed by atoms with van der Waals surface area (Å²) in [5, 5.41) is 8.66. The van der Waals surface area contributed by atoms with Crippen molar-refractivity contribution in [3.8, 4) is 0 Å². The molecule has 1 aromatic heterocycles. The number of aryl methyl sites for hydroxylation is 1. The molecule has 5 nitrogen and oxygen atoms in total. The van der Waals surface area contributed by atoms with Crippen LogP contribution in [-0.4, -0.2) is 35.9 Å². The molecule has 0 aliphatic carbocycles. The third-order valence-electron chi connectivity index (χ3n) is 4.04. The van der Waals surface area contributed by atoms with E-state index in [1.165, 1.54) is 19.2 Å². The number of rotatable bonds is 2. The zero-order valence-corrected chi connectivity index (χ0v) is 12.1. The Morgan fingerprint density at radius 3 is 2.81 bits per heavy atom. The molecule has 1 aromatic carbocycles. The molecule has 6 heteroatoms. The number of aromatic nitrogens is 2. The smallest absolute Gasteiger partial charge is 0.340 e. The maximum absolute atomic E-state index is 14.2. The largest absolute Gasteiger partial charge is 0.465 e. The van der Waals surface area contributed by atoms with Gasteiger partial charge in [-0.1, -0.05) is 0 Å². The number of carbonyl (C=O) groups is 1. The fraction of sp³-hybridized carbons (Fsp3) is 0.467. The zero-order chi connectivity index (χ0) is 15.0. The molecule has 1 N–H and O–H groups in total. The summed E-state index contributed by atoms with van der Waals surface area (Å²) in [6.07, 6.45) is 1.94. The summed E-state index contributed by atoms with van der Waals surface area (Å²) in [5.41, 5.74) is 1.50. The highest BCUT2D eigenvalue weighted by atomic mass is 19.1. The van der Waals surface area contributed by atoms with Crippen molar-refractivity contribution in [1.29, 1.82) is 0 Å². The summed E-state index contributed by atoms with van der Waals surface area (Å²) in [5.74, 6) is -1.23. The molecular weight excluding hydrogens is 273 g/mol. The van der Waals surface area contributed by atoms with Gasteiger partial charge in [-0.25, -0.2) is 9.18 Å². The van der Waals surface area contributed by atoms with Crippen molar-refractivity contribution < 1.29 is 13.9 Å². The summed E-state index contributed by atoms with van der Waals surface area (Å²) < 4.78 is 20.7. The first-order valence-corrected chi connectivity index (χ1v) is 7.09. The normalized spacial score (nSPS) is 16.3. The van der Waals surface area contributed by atoms with E-state index in [-0.39, 0.29) is 11.6 Å². The number of benzene rings is 1. The molecular formula is C15H18FN3O2. The number of piperidine rings is 1. The van der Waals surface area contributed by atoms with Gasteiger partial charge in [0.25, 0.3) is 0 Å². The third kappa shape index (κ3) is 2.40. The number of nitrogens with zero attached hydrogens (tertiary/aromatic N) is 2. The van der Waals surface area contributed by atoms with E-state index in [0.717, 1.165) is 42.5 Å². The molecule has 0 spiro atoms. The van der Waals surface area contributed by atoms with E-state index >= 15 is 0 Å². The summed E-state index contributed by atoms with van der Waals surface area (Å²) in [6, 6.07) is 3.20. The van der Waals surface area contributed by atoms with Crippen molar-refractivity contribution in [2.24, 2.45) is 0 Å². The monoisotopic (exact) mass is 291 g/mol. The minimum atomic E-state index is -0.664. The fourth-order valence-corrected chi connectivity index (χ4v) is 2.91. The molecule has 3 rings (SSSR count). The number of nitrogens with one attached hydrogen (secondary N) is 1. The SMILES string of the molecule is COC(=O)c1cc2c(C)nn(C3CCNCC3)c2cc1F. The fourth-order valence-electron chi connectivity index (χ4n) is 2.91. The van der Waals surface area contributed by atoms with Crippen LogP contribution in [0, 0.1) is 12.7 Å². The second-order valence-corrected chi connectivity index (χ2v) is 5.35. The maximum atomic E-state index is 14.2. The quantitative estimate of drug-likeness (QED) is 0.862. The van der Waals surface area contributed by atoms with Gasteiger partial charge in [0.1, 0.15) is 5.82 Å². The number of carbonyl (C=O) groups excluding carboxylic acids is 1. The Kier molecular flexibility index (Phi) is 3.63. The lowest BCUT2D eigenvalue weighted by Gasteiger charge is -2.23. The summed E-state index contributed by atoms with van der Waals surface area (Å²) >= 11 is 0. The molecule has 2 heterocycles. The van der Waals surface area contributed by atoms with Gasteiger partial charge in [0.05, 0.1) is 29.9 Å². The lowest BCUT2D eigenvalue weighted by molar-refractivity contribution is 0.0595. The van der Waals surface area contributed by atoms with E-state index in [2.05, 4.69) is 15.2 Å². The van der Waals surface area contributed by atoms with Crippen LogP contribution in [0.2, 0.25) is 0 Å². The van der Waals surface area contributed by atoms with Gasteiger partial charge in [0.15, 0.2) is 0 Å². The summed E-state index contributed by atoms with van der Waals surface area (Å²) in [7, 11) is 1.25. The minimum absolute atomic E-state index is 0.0436. The van der Waals surface area contributed by atoms with Crippen LogP contribution in [0.15, 0.2) is 12.1 Å². The average molecular weight is 291 g/mol. The third-order valence-corrected chi connectivity index (χ3v) is 4.04. The number of halogens is 1. The number of methoxy groups -OCH3 is 1. The molecule has 1 fully saturated rings. The van der Waals surface area contributed by atoms with Gasteiger partial charge in [0.2, 0.25) is 0 Å². The van der Waals surface area contributed by atoms with E-state index < -0.39 is 11.8 Å². The van der Waals surface area contributed by atoms with Crippen molar-refractivity contribution >= 4 is 16.9 Å². The topological polar surface area (TPSA) is 56.1 Å². The van der Waals surface area contributed by atoms with Crippen molar-refractivity contribution in [1.82, 2.24) is 15.1 Å². The van der Waals surface area contributed by atoms with E-state index in [9.17, 15) is 9.18 Å². The van der Waals surface area contributed by atoms with Gasteiger partial charge in [-0.15, -0.1) is 0 Å². The van der Waals surface area contributed by atoms with Crippen molar-refractivity contribution in [3.63, 3.8) is 0 Å². The van der Waals surface area contributed by atoms with Crippen LogP contribution >= 0.6 is 0 Å². The summed E-state index contributed by atoms with van der Waals surface area (Å²) in [6.45, 7) is 3.75. The Morgan fingerprint density at radius 1 is 1.43 bits per heavy atom. The van der Waals surface area contributed by atoms with Crippen LogP contribution in [0.3, 0.4) is 0 Å². The highest BCUT2D eigenvalue weighted by Gasteiger charge is 2.22. The lowest BCUT2D eigenvalue weighted by Crippen LogP contribution is -2.29. The van der Waals surface area contributed by atoms with Gasteiger partial charge < -0.3 is 10.1 Å². The summed E-state index contributed by atoms with van der Waals surface area (Å²) in [4.78, 5) is 11.6. The molecule has 1 saturated heterocycles. The Hall–Kier alpha value is -1.95. The Bertz CT molecular complexity index is 690. The van der Waals surface area contributed by atoms with Crippen molar-refractivity contribution in [2.45, 2.75) is 25.8 Å². The minimum Gasteiger partial charge on any atom is -0.465 e. The van der Waals surface area contributed by atoms with Crippen LogP contribution in [0.1, 0.15) is 34.9 Å². The number of hydrogen-bond donors (Lipinski definition) is 1. The highest BCUT2D eigenvalue weighted by molar-refractivity contribution is 5.95. The molecule has 112 valence electrons. The van der Waals surface area contributed by atoms with E-state index in [0.29, 0.717) is 0 Å². The van der Waals surface area contributed by atoms with Gasteiger partial charge in [-0.2, -0.15) is 5.10 Å². The van der Waals surface area contributed by atoms with Crippen molar-refractivity contribution in [3.05, 3.63) is 29.2 Å². The molecule has 0 amide bonds. The lowest BCUT2D eigenvalue weighted by atomic mass is 10.1. The Balaban J connectivity index is 2.12. The van der Waals surface area contributed by atoms with Crippen LogP contribution in [0.5, 0.6) is 0 Å². The van der Waals surface area contributed by atoms with Crippen LogP contribution in [-0.2, 0) is 4.74 Å². The van der Waals surface area contributed by atoms with Gasteiger partial charge in [-0.05, 0) is 38.9 Å². The molecule has 0 bridgehead atoms. The average Bonchev–Trinajstić information content (AvgIpc) is 2.83. The zero-order valence-electron chi connectivity index (χ0n) is 12.1. The van der Waals surface area contributed by atoms with Crippen LogP contribution in [0.4, 0.5) is 4.39 Å². The molecule has 1 aliphatic rings. The first-order valence-electron chi connectivity index (χ1n) is 7.09. The molecule has 1 aliphatic heterocycles. The van der Waals surface area contributed by atoms with Crippen LogP contribution in [0.25, 0.3) is 10.9 Å². The van der Waals surface area contributed by atoms with Gasteiger partial charge in [-0.3, -0.25) is 4.68 Å². The first kappa shape index (κ1) is 14.0. The number of esters is 1. The van der Waals surface area contributed by atoms with E-state index in [1.807, 2.05) is 11.6 Å². The van der Waals surface area contributed by atoms with Crippen LogP contribution < -0.4 is 5.32 Å². The first-order chi connectivity index (χ1) is 10.1. The molecule has 0 atom stereocenters. The number of fused-ring (bicyclic) bond motifs is 1. The predicted molar refractivity (Wildman–Crippen MR) is 76.9 cm³/mol. The van der Waals surface area contributed by atoms with E-state index in [1.54, 1.807) is 0 Å². The number of ether oxygens (including phenoxy) is 1. The predicted octanol–water partition coefficient (Wildman–Crippen LogP) is 2.19. The van der Waals surface area contributed by atoms with Crippen molar-refractivity contribution in [2.75, 3.05) is 20.2 Å². The second-order valence-electron chi connectivity index (χ2n) is 5.35. The maximum Gasteiger partial charge on any atom is 0.340 e. The Morgan fingerprint density at radius 2 is 2.14 bits per heavy atom. The van der Waals surface area contributed by atoms with E-state index in [4.69, 9.17) is 0 Å². The molecule has 0 saturated carbocycles. The highest BCUT2D eigenvalue weighted by Crippen LogP contribution is 2.28. The second kappa shape index (κ2) is 5.44. The molecule has 0 radical (unpaired) electrons. The van der Waals surface area contributed by atoms with Gasteiger partial charge in [0, 0.05) is 11.5 Å². The molecule has 2 aromatic rings. The Labute approximate surface area is 122 Å².